The van der Waals surface area contributed by atoms with Crippen LogP contribution in [0.25, 0.3) is 0 Å². The Hall–Kier alpha value is -3.70. The van der Waals surface area contributed by atoms with Crippen molar-refractivity contribution in [3.05, 3.63) is 95.1 Å². The first-order valence-corrected chi connectivity index (χ1v) is 12.3. The van der Waals surface area contributed by atoms with E-state index in [-0.39, 0.29) is 0 Å². The van der Waals surface area contributed by atoms with Gasteiger partial charge in [0.05, 0.1) is 53.4 Å². The number of hydrogen-bond acceptors (Lipinski definition) is 2. The second-order valence-corrected chi connectivity index (χ2v) is 10.8. The normalized spacial score (nSPS) is 11.1. The molecular weight excluding hydrogens is 444 g/mol. The van der Waals surface area contributed by atoms with Crippen LogP contribution in [0.2, 0.25) is 0 Å². The van der Waals surface area contributed by atoms with Gasteiger partial charge >= 0.3 is 0 Å². The van der Waals surface area contributed by atoms with Gasteiger partial charge in [0.2, 0.25) is 0 Å². The first-order chi connectivity index (χ1) is 17.1. The highest BCUT2D eigenvalue weighted by molar-refractivity contribution is 5.60. The third kappa shape index (κ3) is 9.51. The molecule has 0 spiro atoms. The van der Waals surface area contributed by atoms with Crippen LogP contribution in [0, 0.1) is 23.7 Å². The topological polar surface area (TPSA) is 18.5 Å². The fraction of sp³-hybridized carbons (Fsp3) is 0.312. The molecule has 0 aliphatic carbocycles. The molecule has 0 aromatic heterocycles. The van der Waals surface area contributed by atoms with Gasteiger partial charge in [-0.2, -0.15) is 0 Å². The molecule has 0 N–H and O–H groups in total. The Bertz CT molecular complexity index is 1150. The predicted octanol–water partition coefficient (Wildman–Crippen LogP) is 4.66. The summed E-state index contributed by atoms with van der Waals surface area (Å²) in [6, 6.07) is 23.9. The Kier molecular flexibility index (Phi) is 9.20. The summed E-state index contributed by atoms with van der Waals surface area (Å²) in [4.78, 5) is 0. The molecule has 186 valence electrons. The van der Waals surface area contributed by atoms with Crippen molar-refractivity contribution in [3.63, 3.8) is 0 Å². The van der Waals surface area contributed by atoms with Crippen LogP contribution in [-0.2, 0) is 0 Å². The molecule has 0 atom stereocenters. The third-order valence-corrected chi connectivity index (χ3v) is 5.35. The number of ether oxygens (including phenoxy) is 2. The molecule has 3 aromatic rings. The van der Waals surface area contributed by atoms with Crippen LogP contribution in [0.15, 0.2) is 72.8 Å². The van der Waals surface area contributed by atoms with E-state index >= 15 is 0 Å². The van der Waals surface area contributed by atoms with Crippen molar-refractivity contribution >= 4 is 0 Å². The number of quaternary nitrogens is 2. The largest absolute Gasteiger partial charge is 0.486 e. The van der Waals surface area contributed by atoms with Gasteiger partial charge in [-0.3, -0.25) is 0 Å². The van der Waals surface area contributed by atoms with Crippen LogP contribution >= 0.6 is 0 Å². The van der Waals surface area contributed by atoms with Gasteiger partial charge < -0.3 is 18.4 Å². The molecule has 4 nitrogen and oxygen atoms in total. The van der Waals surface area contributed by atoms with Gasteiger partial charge in [0, 0.05) is 23.3 Å². The van der Waals surface area contributed by atoms with Crippen molar-refractivity contribution in [1.29, 1.82) is 0 Å². The first-order valence-electron chi connectivity index (χ1n) is 12.3. The maximum Gasteiger partial charge on any atom is 0.137 e. The molecule has 3 aromatic carbocycles. The fourth-order valence-electron chi connectivity index (χ4n) is 3.18. The van der Waals surface area contributed by atoms with Crippen molar-refractivity contribution in [2.24, 2.45) is 0 Å². The summed E-state index contributed by atoms with van der Waals surface area (Å²) in [6.07, 6.45) is 0. The van der Waals surface area contributed by atoms with Gasteiger partial charge in [0.25, 0.3) is 0 Å². The summed E-state index contributed by atoms with van der Waals surface area (Å²) in [5.74, 6) is 14.6. The lowest BCUT2D eigenvalue weighted by molar-refractivity contribution is -0.870. The lowest BCUT2D eigenvalue weighted by Gasteiger charge is -2.24. The number of rotatable bonds is 8. The van der Waals surface area contributed by atoms with Crippen molar-refractivity contribution in [2.75, 3.05) is 68.6 Å². The van der Waals surface area contributed by atoms with E-state index in [1.54, 1.807) is 0 Å². The highest BCUT2D eigenvalue weighted by Crippen LogP contribution is 2.29. The first kappa shape index (κ1) is 26.9. The zero-order valence-electron chi connectivity index (χ0n) is 22.5. The fourth-order valence-corrected chi connectivity index (χ4v) is 3.18. The number of likely N-dealkylation sites (N-methyl/N-ethyl adjacent to an activating group) is 2. The van der Waals surface area contributed by atoms with Crippen LogP contribution in [-0.4, -0.2) is 77.6 Å². The summed E-state index contributed by atoms with van der Waals surface area (Å²) >= 11 is 0. The minimum atomic E-state index is 0.580. The molecule has 3 rings (SSSR count). The van der Waals surface area contributed by atoms with Crippen LogP contribution < -0.4 is 9.47 Å². The third-order valence-electron chi connectivity index (χ3n) is 5.35. The second kappa shape index (κ2) is 12.3. The maximum atomic E-state index is 6.26. The lowest BCUT2D eigenvalue weighted by Crippen LogP contribution is -2.38. The highest BCUT2D eigenvalue weighted by atomic mass is 16.5. The van der Waals surface area contributed by atoms with Crippen LogP contribution in [0.3, 0.4) is 0 Å². The predicted molar refractivity (Wildman–Crippen MR) is 148 cm³/mol. The van der Waals surface area contributed by atoms with Crippen LogP contribution in [0.1, 0.15) is 22.3 Å². The SMILES string of the molecule is C[N+](C)(C)CCOc1cc(C#Cc2ccccc2)c(OCC[N+](C)(C)C)cc1C#Cc1ccccc1. The number of nitrogens with zero attached hydrogens (tertiary/aromatic N) is 2. The van der Waals surface area contributed by atoms with Crippen molar-refractivity contribution in [1.82, 2.24) is 0 Å². The molecule has 0 bridgehead atoms. The standard InChI is InChI=1S/C32H38N2O2/c1-33(2,3)21-23-35-31-25-30(20-18-28-15-11-8-12-16-28)32(36-24-22-34(4,5)6)26-29(31)19-17-27-13-9-7-10-14-27/h7-16,25-26H,21-24H2,1-6H3/q+2. The summed E-state index contributed by atoms with van der Waals surface area (Å²) in [5, 5.41) is 0. The molecule has 36 heavy (non-hydrogen) atoms. The van der Waals surface area contributed by atoms with E-state index in [1.165, 1.54) is 0 Å². The molecule has 0 aliphatic rings. The van der Waals surface area contributed by atoms with Gasteiger partial charge in [-0.05, 0) is 24.3 Å². The summed E-state index contributed by atoms with van der Waals surface area (Å²) in [7, 11) is 12.9. The molecule has 0 heterocycles. The van der Waals surface area contributed by atoms with Gasteiger partial charge in [-0.15, -0.1) is 0 Å². The van der Waals surface area contributed by atoms with E-state index in [1.807, 2.05) is 72.8 Å². The zero-order valence-corrected chi connectivity index (χ0v) is 22.5. The Morgan fingerprint density at radius 1 is 0.528 bits per heavy atom. The second-order valence-electron chi connectivity index (χ2n) is 10.8. The van der Waals surface area contributed by atoms with E-state index < -0.39 is 0 Å². The van der Waals surface area contributed by atoms with Crippen LogP contribution in [0.4, 0.5) is 0 Å². The summed E-state index contributed by atoms with van der Waals surface area (Å²) < 4.78 is 14.2. The molecule has 0 saturated carbocycles. The Morgan fingerprint density at radius 3 is 1.22 bits per heavy atom. The average molecular weight is 483 g/mol. The van der Waals surface area contributed by atoms with Crippen molar-refractivity contribution < 1.29 is 18.4 Å². The van der Waals surface area contributed by atoms with E-state index in [0.29, 0.717) is 13.2 Å². The minimum absolute atomic E-state index is 0.580. The molecule has 0 radical (unpaired) electrons. The van der Waals surface area contributed by atoms with Crippen LogP contribution in [0.5, 0.6) is 11.5 Å². The van der Waals surface area contributed by atoms with E-state index in [4.69, 9.17) is 9.47 Å². The van der Waals surface area contributed by atoms with E-state index in [0.717, 1.165) is 55.8 Å². The minimum Gasteiger partial charge on any atom is -0.486 e. The van der Waals surface area contributed by atoms with Gasteiger partial charge in [-0.1, -0.05) is 60.1 Å². The van der Waals surface area contributed by atoms with E-state index in [2.05, 4.69) is 66.0 Å². The van der Waals surface area contributed by atoms with Crippen molar-refractivity contribution in [3.8, 4) is 35.2 Å². The monoisotopic (exact) mass is 482 g/mol. The number of hydrogen-bond donors (Lipinski definition) is 0. The molecule has 0 fully saturated rings. The maximum absolute atomic E-state index is 6.26. The summed E-state index contributed by atoms with van der Waals surface area (Å²) in [5.41, 5.74) is 3.50. The Labute approximate surface area is 217 Å². The highest BCUT2D eigenvalue weighted by Gasteiger charge is 2.14. The molecule has 0 aliphatic heterocycles. The molecular formula is C32H38N2O2+2. The Balaban J connectivity index is 2.02. The van der Waals surface area contributed by atoms with Gasteiger partial charge in [-0.25, -0.2) is 0 Å². The van der Waals surface area contributed by atoms with Gasteiger partial charge in [0.15, 0.2) is 0 Å². The quantitative estimate of drug-likeness (QED) is 0.344. The average Bonchev–Trinajstić information content (AvgIpc) is 2.82. The smallest absolute Gasteiger partial charge is 0.137 e. The van der Waals surface area contributed by atoms with Crippen molar-refractivity contribution in [2.45, 2.75) is 0 Å². The summed E-state index contributed by atoms with van der Waals surface area (Å²) in [6.45, 7) is 2.91. The lowest BCUT2D eigenvalue weighted by atomic mass is 10.1. The molecule has 4 heteroatoms. The number of benzene rings is 3. The molecule has 0 amide bonds. The van der Waals surface area contributed by atoms with Gasteiger partial charge in [0.1, 0.15) is 37.8 Å². The molecule has 0 unspecified atom stereocenters. The molecule has 0 saturated heterocycles. The van der Waals surface area contributed by atoms with E-state index in [9.17, 15) is 0 Å². The zero-order chi connectivity index (χ0) is 26.0. The Morgan fingerprint density at radius 2 is 0.889 bits per heavy atom.